The highest BCUT2D eigenvalue weighted by Crippen LogP contribution is 2.38. The molecular weight excluding hydrogens is 382 g/mol. The Bertz CT molecular complexity index is 1050. The summed E-state index contributed by atoms with van der Waals surface area (Å²) in [6.07, 6.45) is 2.76. The van der Waals surface area contributed by atoms with Gasteiger partial charge in [0, 0.05) is 38.0 Å². The van der Waals surface area contributed by atoms with Crippen molar-refractivity contribution >= 4 is 29.1 Å². The van der Waals surface area contributed by atoms with Gasteiger partial charge in [-0.15, -0.1) is 0 Å². The predicted molar refractivity (Wildman–Crippen MR) is 111 cm³/mol. The van der Waals surface area contributed by atoms with E-state index in [1.807, 2.05) is 41.3 Å². The first-order valence-electron chi connectivity index (χ1n) is 10.3. The van der Waals surface area contributed by atoms with Gasteiger partial charge in [0.1, 0.15) is 0 Å². The first-order chi connectivity index (χ1) is 14.4. The minimum atomic E-state index is -1.08. The summed E-state index contributed by atoms with van der Waals surface area (Å²) in [6, 6.07) is 11.5. The number of hydrogen-bond acceptors (Lipinski definition) is 4. The van der Waals surface area contributed by atoms with Gasteiger partial charge in [0.05, 0.1) is 11.3 Å². The minimum Gasteiger partial charge on any atom is -0.387 e. The van der Waals surface area contributed by atoms with Crippen LogP contribution in [0.15, 0.2) is 36.4 Å². The van der Waals surface area contributed by atoms with Gasteiger partial charge < -0.3 is 20.6 Å². The third-order valence-electron chi connectivity index (χ3n) is 6.25. The maximum atomic E-state index is 12.4. The zero-order valence-electron chi connectivity index (χ0n) is 16.5. The van der Waals surface area contributed by atoms with E-state index >= 15 is 0 Å². The second kappa shape index (κ2) is 6.95. The van der Waals surface area contributed by atoms with Crippen LogP contribution in [-0.4, -0.2) is 41.5 Å². The number of benzene rings is 2. The normalized spacial score (nSPS) is 18.0. The van der Waals surface area contributed by atoms with Crippen molar-refractivity contribution in [2.24, 2.45) is 0 Å². The molecule has 30 heavy (non-hydrogen) atoms. The summed E-state index contributed by atoms with van der Waals surface area (Å²) in [5.74, 6) is -1.39. The number of nitrogens with zero attached hydrogens (tertiary/aromatic N) is 1. The van der Waals surface area contributed by atoms with Gasteiger partial charge in [-0.2, -0.15) is 0 Å². The van der Waals surface area contributed by atoms with Crippen LogP contribution in [0.5, 0.6) is 0 Å². The Kier molecular flexibility index (Phi) is 4.36. The van der Waals surface area contributed by atoms with Crippen LogP contribution < -0.4 is 15.5 Å². The molecule has 3 N–H and O–H groups in total. The number of anilines is 2. The van der Waals surface area contributed by atoms with Crippen molar-refractivity contribution in [3.8, 4) is 0 Å². The van der Waals surface area contributed by atoms with Crippen molar-refractivity contribution in [3.05, 3.63) is 58.7 Å². The fourth-order valence-corrected chi connectivity index (χ4v) is 4.84. The molecule has 1 aliphatic carbocycles. The Labute approximate surface area is 174 Å². The van der Waals surface area contributed by atoms with Crippen LogP contribution >= 0.6 is 0 Å². The number of fused-ring (bicyclic) bond motifs is 1. The lowest BCUT2D eigenvalue weighted by atomic mass is 9.98. The van der Waals surface area contributed by atoms with E-state index in [-0.39, 0.29) is 12.5 Å². The molecule has 0 atom stereocenters. The van der Waals surface area contributed by atoms with Gasteiger partial charge in [0.25, 0.3) is 0 Å². The van der Waals surface area contributed by atoms with Gasteiger partial charge in [-0.3, -0.25) is 14.4 Å². The number of carbonyl (C=O) groups is 3. The highest BCUT2D eigenvalue weighted by Gasteiger charge is 2.36. The van der Waals surface area contributed by atoms with Gasteiger partial charge in [0.15, 0.2) is 0 Å². The van der Waals surface area contributed by atoms with E-state index in [4.69, 9.17) is 0 Å². The number of aryl methyl sites for hydroxylation is 1. The van der Waals surface area contributed by atoms with Gasteiger partial charge in [0.2, 0.25) is 5.91 Å². The summed E-state index contributed by atoms with van der Waals surface area (Å²) in [5.41, 5.74) is 4.64. The average molecular weight is 405 g/mol. The smallest absolute Gasteiger partial charge is 0.313 e. The molecule has 5 rings (SSSR count). The number of amides is 3. The van der Waals surface area contributed by atoms with Crippen LogP contribution in [-0.2, 0) is 40.1 Å². The molecule has 7 heteroatoms. The van der Waals surface area contributed by atoms with Crippen molar-refractivity contribution in [1.29, 1.82) is 0 Å². The molecule has 0 bridgehead atoms. The fraction of sp³-hybridized carbons (Fsp3) is 0.348. The standard InChI is InChI=1S/C23H23N3O4/c27-19-6-5-14-9-18(10-15-7-8-26(19)20(14)15)25-22(29)21(28)24-13-23(30)11-16-3-1-2-4-17(16)12-23/h1-4,9-10,30H,5-8,11-13H2,(H,24,28)(H,25,29). The Balaban J connectivity index is 1.22. The molecule has 3 amide bonds. The molecule has 2 aromatic carbocycles. The van der Waals surface area contributed by atoms with E-state index in [2.05, 4.69) is 10.6 Å². The Morgan fingerprint density at radius 1 is 0.967 bits per heavy atom. The largest absolute Gasteiger partial charge is 0.387 e. The highest BCUT2D eigenvalue weighted by atomic mass is 16.3. The zero-order valence-corrected chi connectivity index (χ0v) is 16.5. The summed E-state index contributed by atoms with van der Waals surface area (Å²) < 4.78 is 0. The molecule has 7 nitrogen and oxygen atoms in total. The second-order valence-electron chi connectivity index (χ2n) is 8.42. The minimum absolute atomic E-state index is 0.0143. The van der Waals surface area contributed by atoms with Crippen LogP contribution in [0.25, 0.3) is 0 Å². The monoisotopic (exact) mass is 405 g/mol. The van der Waals surface area contributed by atoms with E-state index in [1.165, 1.54) is 0 Å². The summed E-state index contributed by atoms with van der Waals surface area (Å²) >= 11 is 0. The molecule has 2 aliphatic heterocycles. The van der Waals surface area contributed by atoms with Gasteiger partial charge in [-0.25, -0.2) is 0 Å². The third kappa shape index (κ3) is 3.25. The van der Waals surface area contributed by atoms with Crippen LogP contribution in [0.1, 0.15) is 28.7 Å². The molecule has 0 saturated heterocycles. The Hall–Kier alpha value is -3.19. The molecule has 2 heterocycles. The van der Waals surface area contributed by atoms with E-state index in [9.17, 15) is 19.5 Å². The van der Waals surface area contributed by atoms with E-state index in [0.29, 0.717) is 37.9 Å². The summed E-state index contributed by atoms with van der Waals surface area (Å²) in [7, 11) is 0. The number of aliphatic hydroxyl groups is 1. The molecular formula is C23H23N3O4. The van der Waals surface area contributed by atoms with E-state index in [1.54, 1.807) is 0 Å². The van der Waals surface area contributed by atoms with Gasteiger partial charge in [-0.05, 0) is 47.2 Å². The lowest BCUT2D eigenvalue weighted by molar-refractivity contribution is -0.136. The summed E-state index contributed by atoms with van der Waals surface area (Å²) in [5, 5.41) is 16.0. The second-order valence-corrected chi connectivity index (χ2v) is 8.42. The van der Waals surface area contributed by atoms with E-state index in [0.717, 1.165) is 34.4 Å². The SMILES string of the molecule is O=C(NCC1(O)Cc2ccccc2C1)C(=O)Nc1cc2c3c(c1)CCN3C(=O)CC2. The van der Waals surface area contributed by atoms with Crippen molar-refractivity contribution in [2.75, 3.05) is 23.3 Å². The molecule has 0 spiro atoms. The highest BCUT2D eigenvalue weighted by molar-refractivity contribution is 6.39. The van der Waals surface area contributed by atoms with E-state index < -0.39 is 17.4 Å². The molecule has 2 aromatic rings. The zero-order chi connectivity index (χ0) is 20.9. The average Bonchev–Trinajstić information content (AvgIpc) is 3.30. The first kappa shape index (κ1) is 18.8. The Morgan fingerprint density at radius 2 is 1.63 bits per heavy atom. The number of carbonyl (C=O) groups excluding carboxylic acids is 3. The number of nitrogens with one attached hydrogen (secondary N) is 2. The van der Waals surface area contributed by atoms with Crippen LogP contribution in [0.2, 0.25) is 0 Å². The molecule has 0 saturated carbocycles. The molecule has 0 radical (unpaired) electrons. The lowest BCUT2D eigenvalue weighted by Crippen LogP contribution is -2.46. The number of rotatable bonds is 3. The maximum Gasteiger partial charge on any atom is 0.313 e. The maximum absolute atomic E-state index is 12.4. The van der Waals surface area contributed by atoms with Crippen molar-refractivity contribution in [3.63, 3.8) is 0 Å². The number of hydrogen-bond donors (Lipinski definition) is 3. The van der Waals surface area contributed by atoms with Crippen LogP contribution in [0, 0.1) is 0 Å². The quantitative estimate of drug-likeness (QED) is 0.666. The fourth-order valence-electron chi connectivity index (χ4n) is 4.84. The van der Waals surface area contributed by atoms with Gasteiger partial charge in [-0.1, -0.05) is 24.3 Å². The summed E-state index contributed by atoms with van der Waals surface area (Å²) in [6.45, 7) is 0.681. The molecule has 3 aliphatic rings. The first-order valence-corrected chi connectivity index (χ1v) is 10.3. The lowest BCUT2D eigenvalue weighted by Gasteiger charge is -2.26. The molecule has 0 aromatic heterocycles. The third-order valence-corrected chi connectivity index (χ3v) is 6.25. The van der Waals surface area contributed by atoms with Crippen molar-refractivity contribution in [1.82, 2.24) is 5.32 Å². The molecule has 0 fully saturated rings. The molecule has 154 valence electrons. The molecule has 0 unspecified atom stereocenters. The van der Waals surface area contributed by atoms with Crippen molar-refractivity contribution < 1.29 is 19.5 Å². The van der Waals surface area contributed by atoms with Crippen LogP contribution in [0.4, 0.5) is 11.4 Å². The van der Waals surface area contributed by atoms with Crippen molar-refractivity contribution in [2.45, 2.75) is 37.7 Å². The van der Waals surface area contributed by atoms with Gasteiger partial charge >= 0.3 is 11.8 Å². The van der Waals surface area contributed by atoms with Crippen LogP contribution in [0.3, 0.4) is 0 Å². The topological polar surface area (TPSA) is 98.7 Å². The predicted octanol–water partition coefficient (Wildman–Crippen LogP) is 1.11. The summed E-state index contributed by atoms with van der Waals surface area (Å²) in [4.78, 5) is 38.6. The Morgan fingerprint density at radius 3 is 2.33 bits per heavy atom.